The van der Waals surface area contributed by atoms with Crippen LogP contribution in [0.3, 0.4) is 0 Å². The number of ether oxygens (including phenoxy) is 2. The number of aromatic nitrogens is 2. The van der Waals surface area contributed by atoms with E-state index in [0.717, 1.165) is 11.1 Å². The lowest BCUT2D eigenvalue weighted by Gasteiger charge is -2.13. The summed E-state index contributed by atoms with van der Waals surface area (Å²) in [5.41, 5.74) is 2.76. The summed E-state index contributed by atoms with van der Waals surface area (Å²) < 4.78 is 38.2. The number of hydrogen-bond donors (Lipinski definition) is 1. The first-order chi connectivity index (χ1) is 12.9. The first-order valence-electron chi connectivity index (χ1n) is 8.07. The molecule has 2 heterocycles. The zero-order valence-electron chi connectivity index (χ0n) is 15.1. The van der Waals surface area contributed by atoms with Crippen LogP contribution >= 0.6 is 0 Å². The largest absolute Gasteiger partial charge is 0.495 e. The summed E-state index contributed by atoms with van der Waals surface area (Å²) in [7, 11) is -0.783. The highest BCUT2D eigenvalue weighted by Gasteiger charge is 2.17. The summed E-state index contributed by atoms with van der Waals surface area (Å²) >= 11 is 0. The van der Waals surface area contributed by atoms with Crippen LogP contribution in [0.1, 0.15) is 5.56 Å². The molecule has 0 bridgehead atoms. The van der Waals surface area contributed by atoms with E-state index < -0.39 is 10.0 Å². The van der Waals surface area contributed by atoms with Gasteiger partial charge in [0.2, 0.25) is 5.88 Å². The molecule has 0 amide bonds. The molecular formula is C19H19N3O4S. The quantitative estimate of drug-likeness (QED) is 0.700. The van der Waals surface area contributed by atoms with Crippen LogP contribution in [0.25, 0.3) is 11.3 Å². The molecule has 0 unspecified atom stereocenters. The van der Waals surface area contributed by atoms with Gasteiger partial charge in [0.25, 0.3) is 10.0 Å². The number of aryl methyl sites for hydroxylation is 1. The number of hydrogen-bond acceptors (Lipinski definition) is 6. The molecule has 140 valence electrons. The van der Waals surface area contributed by atoms with Crippen molar-refractivity contribution in [3.63, 3.8) is 0 Å². The fourth-order valence-electron chi connectivity index (χ4n) is 2.44. The summed E-state index contributed by atoms with van der Waals surface area (Å²) in [6, 6.07) is 11.9. The van der Waals surface area contributed by atoms with Crippen molar-refractivity contribution < 1.29 is 17.9 Å². The van der Waals surface area contributed by atoms with E-state index in [1.807, 2.05) is 25.1 Å². The monoisotopic (exact) mass is 385 g/mol. The van der Waals surface area contributed by atoms with E-state index in [1.54, 1.807) is 25.4 Å². The number of pyridine rings is 2. The number of methoxy groups -OCH3 is 2. The number of nitrogens with one attached hydrogen (secondary N) is 1. The Labute approximate surface area is 158 Å². The third-order valence-corrected chi connectivity index (χ3v) is 5.34. The summed E-state index contributed by atoms with van der Waals surface area (Å²) in [5, 5.41) is 0. The molecule has 0 fully saturated rings. The normalized spacial score (nSPS) is 11.1. The fraction of sp³-hybridized carbons (Fsp3) is 0.158. The average Bonchev–Trinajstić information content (AvgIpc) is 2.69. The first-order valence-corrected chi connectivity index (χ1v) is 9.55. The summed E-state index contributed by atoms with van der Waals surface area (Å²) in [4.78, 5) is 8.34. The van der Waals surface area contributed by atoms with Gasteiger partial charge in [0.05, 0.1) is 36.7 Å². The van der Waals surface area contributed by atoms with Gasteiger partial charge in [-0.3, -0.25) is 9.71 Å². The van der Waals surface area contributed by atoms with Gasteiger partial charge in [-0.1, -0.05) is 12.1 Å². The summed E-state index contributed by atoms with van der Waals surface area (Å²) in [6.45, 7) is 1.83. The first kappa shape index (κ1) is 18.7. The highest BCUT2D eigenvalue weighted by atomic mass is 32.2. The Bertz CT molecular complexity index is 1050. The van der Waals surface area contributed by atoms with Crippen LogP contribution in [0, 0.1) is 6.92 Å². The van der Waals surface area contributed by atoms with Crippen LogP contribution < -0.4 is 14.2 Å². The third-order valence-electron chi connectivity index (χ3n) is 3.98. The van der Waals surface area contributed by atoms with Crippen molar-refractivity contribution in [1.29, 1.82) is 0 Å². The van der Waals surface area contributed by atoms with Crippen molar-refractivity contribution in [1.82, 2.24) is 9.97 Å². The molecule has 8 heteroatoms. The second kappa shape index (κ2) is 7.63. The number of rotatable bonds is 6. The highest BCUT2D eigenvalue weighted by molar-refractivity contribution is 7.92. The molecule has 0 aliphatic heterocycles. The van der Waals surface area contributed by atoms with Crippen LogP contribution in [-0.4, -0.2) is 32.6 Å². The topological polar surface area (TPSA) is 90.4 Å². The Balaban J connectivity index is 1.94. The number of nitrogens with zero attached hydrogens (tertiary/aromatic N) is 2. The number of sulfonamides is 1. The van der Waals surface area contributed by atoms with Gasteiger partial charge in [0.1, 0.15) is 5.75 Å². The van der Waals surface area contributed by atoms with E-state index >= 15 is 0 Å². The van der Waals surface area contributed by atoms with Crippen molar-refractivity contribution in [2.75, 3.05) is 18.9 Å². The Morgan fingerprint density at radius 1 is 0.963 bits per heavy atom. The molecule has 2 aromatic heterocycles. The molecule has 0 aliphatic carbocycles. The molecule has 0 saturated heterocycles. The smallest absolute Gasteiger partial charge is 0.262 e. The van der Waals surface area contributed by atoms with Gasteiger partial charge in [-0.05, 0) is 36.8 Å². The lowest BCUT2D eigenvalue weighted by molar-refractivity contribution is 0.396. The highest BCUT2D eigenvalue weighted by Crippen LogP contribution is 2.27. The van der Waals surface area contributed by atoms with Gasteiger partial charge >= 0.3 is 0 Å². The molecule has 1 N–H and O–H groups in total. The second-order valence-electron chi connectivity index (χ2n) is 5.75. The Hall–Kier alpha value is -3.13. The van der Waals surface area contributed by atoms with Gasteiger partial charge in [0, 0.05) is 17.8 Å². The molecule has 0 spiro atoms. The van der Waals surface area contributed by atoms with Crippen molar-refractivity contribution in [2.24, 2.45) is 0 Å². The number of anilines is 1. The van der Waals surface area contributed by atoms with Gasteiger partial charge in [-0.2, -0.15) is 0 Å². The van der Waals surface area contributed by atoms with Crippen molar-refractivity contribution in [3.05, 3.63) is 60.4 Å². The van der Waals surface area contributed by atoms with Crippen LogP contribution in [0.5, 0.6) is 11.6 Å². The zero-order valence-corrected chi connectivity index (χ0v) is 15.9. The predicted octanol–water partition coefficient (Wildman–Crippen LogP) is 3.27. The lowest BCUT2D eigenvalue weighted by atomic mass is 10.1. The Morgan fingerprint density at radius 2 is 1.78 bits per heavy atom. The summed E-state index contributed by atoms with van der Waals surface area (Å²) in [5.74, 6) is 0.879. The van der Waals surface area contributed by atoms with Gasteiger partial charge in [-0.15, -0.1) is 0 Å². The molecule has 0 radical (unpaired) electrons. The molecule has 3 rings (SSSR count). The third kappa shape index (κ3) is 4.17. The Kier molecular flexibility index (Phi) is 5.27. The molecule has 0 aliphatic rings. The zero-order chi connectivity index (χ0) is 19.4. The second-order valence-corrected chi connectivity index (χ2v) is 7.43. The molecule has 7 nitrogen and oxygen atoms in total. The molecule has 1 aromatic carbocycles. The van der Waals surface area contributed by atoms with Crippen LogP contribution in [0.15, 0.2) is 59.8 Å². The lowest BCUT2D eigenvalue weighted by Crippen LogP contribution is -2.14. The molecule has 27 heavy (non-hydrogen) atoms. The predicted molar refractivity (Wildman–Crippen MR) is 103 cm³/mol. The van der Waals surface area contributed by atoms with Crippen LogP contribution in [0.4, 0.5) is 5.69 Å². The maximum Gasteiger partial charge on any atom is 0.262 e. The SMILES string of the molecule is COc1ccc(-c2ccc(C)c(NS(=O)(=O)c3ccnc(OC)c3)c2)nc1. The molecule has 3 aromatic rings. The van der Waals surface area contributed by atoms with Gasteiger partial charge in [0.15, 0.2) is 0 Å². The van der Waals surface area contributed by atoms with E-state index in [-0.39, 0.29) is 10.8 Å². The minimum atomic E-state index is -3.79. The number of benzene rings is 1. The van der Waals surface area contributed by atoms with E-state index in [9.17, 15) is 8.42 Å². The average molecular weight is 385 g/mol. The minimum Gasteiger partial charge on any atom is -0.495 e. The standard InChI is InChI=1S/C19H19N3O4S/c1-13-4-5-14(17-7-6-15(25-2)12-21-17)10-18(13)22-27(23,24)16-8-9-20-19(11-16)26-3/h4-12,22H,1-3H3. The van der Waals surface area contributed by atoms with E-state index in [0.29, 0.717) is 17.1 Å². The maximum atomic E-state index is 12.7. The minimum absolute atomic E-state index is 0.0710. The summed E-state index contributed by atoms with van der Waals surface area (Å²) in [6.07, 6.45) is 3.00. The van der Waals surface area contributed by atoms with E-state index in [4.69, 9.17) is 9.47 Å². The molecule has 0 atom stereocenters. The van der Waals surface area contributed by atoms with Crippen LogP contribution in [-0.2, 0) is 10.0 Å². The van der Waals surface area contributed by atoms with Crippen LogP contribution in [0.2, 0.25) is 0 Å². The van der Waals surface area contributed by atoms with Gasteiger partial charge in [-0.25, -0.2) is 13.4 Å². The van der Waals surface area contributed by atoms with E-state index in [2.05, 4.69) is 14.7 Å². The van der Waals surface area contributed by atoms with Crippen molar-refractivity contribution in [2.45, 2.75) is 11.8 Å². The Morgan fingerprint density at radius 3 is 2.44 bits per heavy atom. The fourth-order valence-corrected chi connectivity index (χ4v) is 3.56. The van der Waals surface area contributed by atoms with Crippen molar-refractivity contribution >= 4 is 15.7 Å². The maximum absolute atomic E-state index is 12.7. The molecular weight excluding hydrogens is 366 g/mol. The van der Waals surface area contributed by atoms with Crippen molar-refractivity contribution in [3.8, 4) is 22.9 Å². The van der Waals surface area contributed by atoms with E-state index in [1.165, 1.54) is 25.4 Å². The van der Waals surface area contributed by atoms with Gasteiger partial charge < -0.3 is 9.47 Å². The molecule has 0 saturated carbocycles.